The van der Waals surface area contributed by atoms with Gasteiger partial charge in [-0.3, -0.25) is 0 Å². The molecule has 0 rings (SSSR count). The van der Waals surface area contributed by atoms with Gasteiger partial charge in [-0.1, -0.05) is 6.92 Å². The lowest BCUT2D eigenvalue weighted by Gasteiger charge is -2.27. The molecule has 0 fully saturated rings. The summed E-state index contributed by atoms with van der Waals surface area (Å²) in [5, 5.41) is 10.3. The van der Waals surface area contributed by atoms with Crippen molar-refractivity contribution < 1.29 is 5.21 Å². The van der Waals surface area contributed by atoms with Gasteiger partial charge in [-0.05, 0) is 20.8 Å². The molecule has 50 valence electrons. The Bertz CT molecular complexity index is 65.4. The van der Waals surface area contributed by atoms with Crippen LogP contribution < -0.4 is 0 Å². The molecule has 0 unspecified atom stereocenters. The van der Waals surface area contributed by atoms with Crippen molar-refractivity contribution in [3.8, 4) is 0 Å². The third-order valence-corrected chi connectivity index (χ3v) is 1.07. The zero-order valence-corrected chi connectivity index (χ0v) is 6.10. The Hall–Kier alpha value is -0.0800. The summed E-state index contributed by atoms with van der Waals surface area (Å²) in [6.45, 7) is 8.51. The molecule has 0 aliphatic rings. The Kier molecular flexibility index (Phi) is 2.44. The molecule has 0 aromatic heterocycles. The summed E-state index contributed by atoms with van der Waals surface area (Å²) in [6.07, 6.45) is 0. The van der Waals surface area contributed by atoms with Crippen molar-refractivity contribution in [1.82, 2.24) is 5.06 Å². The second kappa shape index (κ2) is 2.46. The van der Waals surface area contributed by atoms with Gasteiger partial charge in [0.15, 0.2) is 0 Å². The standard InChI is InChI=1S/C6H15NO/c1-5-7(8)6(2,3)4/h8H,5H2,1-4H3. The number of hydroxylamine groups is 2. The van der Waals surface area contributed by atoms with E-state index in [4.69, 9.17) is 5.21 Å². The van der Waals surface area contributed by atoms with Crippen LogP contribution in [0.25, 0.3) is 0 Å². The maximum atomic E-state index is 9.03. The lowest BCUT2D eigenvalue weighted by Crippen LogP contribution is -2.38. The second-order valence-electron chi connectivity index (χ2n) is 2.89. The lowest BCUT2D eigenvalue weighted by atomic mass is 10.1. The van der Waals surface area contributed by atoms with E-state index in [1.807, 2.05) is 27.7 Å². The van der Waals surface area contributed by atoms with Gasteiger partial charge in [-0.25, -0.2) is 0 Å². The minimum Gasteiger partial charge on any atom is -0.313 e. The van der Waals surface area contributed by atoms with Crippen molar-refractivity contribution in [1.29, 1.82) is 0 Å². The maximum Gasteiger partial charge on any atom is 0.0376 e. The second-order valence-corrected chi connectivity index (χ2v) is 2.89. The average Bonchev–Trinajstić information content (AvgIpc) is 1.62. The first kappa shape index (κ1) is 7.92. The van der Waals surface area contributed by atoms with Crippen LogP contribution in [0.2, 0.25) is 0 Å². The van der Waals surface area contributed by atoms with Crippen LogP contribution in [-0.4, -0.2) is 22.4 Å². The number of hydrogen-bond donors (Lipinski definition) is 1. The van der Waals surface area contributed by atoms with Crippen LogP contribution in [0.1, 0.15) is 27.7 Å². The van der Waals surface area contributed by atoms with E-state index in [1.54, 1.807) is 0 Å². The molecule has 1 N–H and O–H groups in total. The summed E-state index contributed by atoms with van der Waals surface area (Å²) in [7, 11) is 0. The normalized spacial score (nSPS) is 12.8. The average molecular weight is 117 g/mol. The van der Waals surface area contributed by atoms with Crippen LogP contribution in [0.4, 0.5) is 0 Å². The lowest BCUT2D eigenvalue weighted by molar-refractivity contribution is -0.151. The zero-order valence-electron chi connectivity index (χ0n) is 6.10. The Labute approximate surface area is 51.1 Å². The molecule has 0 spiro atoms. The molecule has 0 heterocycles. The van der Waals surface area contributed by atoms with E-state index in [-0.39, 0.29) is 5.54 Å². The van der Waals surface area contributed by atoms with Crippen molar-refractivity contribution in [2.75, 3.05) is 6.54 Å². The number of nitrogens with zero attached hydrogens (tertiary/aromatic N) is 1. The summed E-state index contributed by atoms with van der Waals surface area (Å²) in [4.78, 5) is 0. The topological polar surface area (TPSA) is 23.5 Å². The van der Waals surface area contributed by atoms with E-state index in [2.05, 4.69) is 0 Å². The van der Waals surface area contributed by atoms with Gasteiger partial charge in [-0.2, -0.15) is 5.06 Å². The van der Waals surface area contributed by atoms with Crippen LogP contribution >= 0.6 is 0 Å². The molecule has 0 saturated heterocycles. The molecule has 0 aliphatic heterocycles. The summed E-state index contributed by atoms with van der Waals surface area (Å²) in [6, 6.07) is 0. The quantitative estimate of drug-likeness (QED) is 0.526. The molecule has 0 bridgehead atoms. The summed E-state index contributed by atoms with van der Waals surface area (Å²) in [5.74, 6) is 0. The highest BCUT2D eigenvalue weighted by molar-refractivity contribution is 4.66. The Morgan fingerprint density at radius 1 is 1.38 bits per heavy atom. The first-order valence-electron chi connectivity index (χ1n) is 2.95. The Morgan fingerprint density at radius 2 is 1.75 bits per heavy atom. The van der Waals surface area contributed by atoms with Gasteiger partial charge < -0.3 is 5.21 Å². The fourth-order valence-electron chi connectivity index (χ4n) is 0.474. The van der Waals surface area contributed by atoms with Crippen molar-refractivity contribution in [2.45, 2.75) is 33.2 Å². The maximum absolute atomic E-state index is 9.03. The first-order chi connectivity index (χ1) is 3.48. The van der Waals surface area contributed by atoms with Crippen LogP contribution in [0.5, 0.6) is 0 Å². The minimum atomic E-state index is -0.102. The molecule has 0 radical (unpaired) electrons. The Balaban J connectivity index is 3.62. The van der Waals surface area contributed by atoms with Crippen LogP contribution in [-0.2, 0) is 0 Å². The van der Waals surface area contributed by atoms with Gasteiger partial charge >= 0.3 is 0 Å². The van der Waals surface area contributed by atoms with E-state index in [0.717, 1.165) is 0 Å². The van der Waals surface area contributed by atoms with Gasteiger partial charge in [0.1, 0.15) is 0 Å². The highest BCUT2D eigenvalue weighted by atomic mass is 16.5. The van der Waals surface area contributed by atoms with Crippen molar-refractivity contribution in [2.24, 2.45) is 0 Å². The first-order valence-corrected chi connectivity index (χ1v) is 2.95. The zero-order chi connectivity index (χ0) is 6.78. The molecular formula is C6H15NO. The van der Waals surface area contributed by atoms with Gasteiger partial charge in [0.25, 0.3) is 0 Å². The van der Waals surface area contributed by atoms with Crippen molar-refractivity contribution in [3.63, 3.8) is 0 Å². The van der Waals surface area contributed by atoms with E-state index in [0.29, 0.717) is 6.54 Å². The number of hydrogen-bond acceptors (Lipinski definition) is 2. The van der Waals surface area contributed by atoms with Crippen molar-refractivity contribution in [3.05, 3.63) is 0 Å². The van der Waals surface area contributed by atoms with Crippen molar-refractivity contribution >= 4 is 0 Å². The molecule has 0 amide bonds. The number of rotatable bonds is 1. The molecule has 0 aromatic carbocycles. The monoisotopic (exact) mass is 117 g/mol. The third kappa shape index (κ3) is 2.28. The molecular weight excluding hydrogens is 102 g/mol. The highest BCUT2D eigenvalue weighted by Crippen LogP contribution is 2.07. The minimum absolute atomic E-state index is 0.102. The summed E-state index contributed by atoms with van der Waals surface area (Å²) >= 11 is 0. The van der Waals surface area contributed by atoms with Crippen LogP contribution in [0, 0.1) is 0 Å². The van der Waals surface area contributed by atoms with Gasteiger partial charge in [-0.15, -0.1) is 0 Å². The third-order valence-electron chi connectivity index (χ3n) is 1.07. The SMILES string of the molecule is CCN(O)C(C)(C)C. The molecule has 2 heteroatoms. The van der Waals surface area contributed by atoms with E-state index in [9.17, 15) is 0 Å². The molecule has 0 atom stereocenters. The van der Waals surface area contributed by atoms with Crippen LogP contribution in [0.15, 0.2) is 0 Å². The van der Waals surface area contributed by atoms with Crippen LogP contribution in [0.3, 0.4) is 0 Å². The van der Waals surface area contributed by atoms with E-state index < -0.39 is 0 Å². The molecule has 0 aliphatic carbocycles. The fourth-order valence-corrected chi connectivity index (χ4v) is 0.474. The molecule has 8 heavy (non-hydrogen) atoms. The van der Waals surface area contributed by atoms with E-state index in [1.165, 1.54) is 5.06 Å². The summed E-state index contributed by atoms with van der Waals surface area (Å²) < 4.78 is 0. The molecule has 2 nitrogen and oxygen atoms in total. The molecule has 0 saturated carbocycles. The largest absolute Gasteiger partial charge is 0.313 e. The smallest absolute Gasteiger partial charge is 0.0376 e. The predicted molar refractivity (Wildman–Crippen MR) is 33.9 cm³/mol. The van der Waals surface area contributed by atoms with Gasteiger partial charge in [0.05, 0.1) is 0 Å². The Morgan fingerprint density at radius 3 is 1.75 bits per heavy atom. The predicted octanol–water partition coefficient (Wildman–Crippen LogP) is 1.50. The summed E-state index contributed by atoms with van der Waals surface area (Å²) in [5.41, 5.74) is -0.102. The fraction of sp³-hybridized carbons (Fsp3) is 1.00. The van der Waals surface area contributed by atoms with E-state index >= 15 is 0 Å². The highest BCUT2D eigenvalue weighted by Gasteiger charge is 2.15. The molecule has 0 aromatic rings. The van der Waals surface area contributed by atoms with Gasteiger partial charge in [0, 0.05) is 12.1 Å². The van der Waals surface area contributed by atoms with Gasteiger partial charge in [0.2, 0.25) is 0 Å².